The molecule has 0 saturated heterocycles. The number of nitrogens with zero attached hydrogens (tertiary/aromatic N) is 5. The highest BCUT2D eigenvalue weighted by Crippen LogP contribution is 2.27. The number of rotatable bonds is 4. The molecular weight excluding hydrogens is 292 g/mol. The Hall–Kier alpha value is -0.860. The van der Waals surface area contributed by atoms with E-state index in [1.165, 1.54) is 11.5 Å². The van der Waals surface area contributed by atoms with Gasteiger partial charge in [-0.15, -0.1) is 10.2 Å². The van der Waals surface area contributed by atoms with Gasteiger partial charge in [-0.3, -0.25) is 0 Å². The van der Waals surface area contributed by atoms with Crippen molar-refractivity contribution in [3.05, 3.63) is 21.4 Å². The number of hydrogen-bond acceptors (Lipinski definition) is 6. The number of halogens is 1. The Morgan fingerprint density at radius 3 is 2.94 bits per heavy atom. The lowest BCUT2D eigenvalue weighted by Crippen LogP contribution is -2.23. The van der Waals surface area contributed by atoms with Gasteiger partial charge < -0.3 is 5.32 Å². The summed E-state index contributed by atoms with van der Waals surface area (Å²) in [7, 11) is 1.87. The molecule has 1 N–H and O–H groups in total. The summed E-state index contributed by atoms with van der Waals surface area (Å²) in [5, 5.41) is 15.2. The molecular formula is C8H11BrN6S. The standard InChI is InChI=1S/C8H11BrN6S/c1-3-10-6(5-4-11-14-16-5)7-8(9)12-13-15(7)2/h4,6,10H,3H2,1-2H3. The molecule has 6 nitrogen and oxygen atoms in total. The van der Waals surface area contributed by atoms with Crippen molar-refractivity contribution in [2.24, 2.45) is 7.05 Å². The van der Waals surface area contributed by atoms with Crippen LogP contribution in [0.4, 0.5) is 0 Å². The smallest absolute Gasteiger partial charge is 0.153 e. The van der Waals surface area contributed by atoms with Gasteiger partial charge in [0.25, 0.3) is 0 Å². The van der Waals surface area contributed by atoms with Crippen molar-refractivity contribution in [2.75, 3.05) is 6.54 Å². The maximum Gasteiger partial charge on any atom is 0.153 e. The molecule has 0 aliphatic carbocycles. The molecule has 0 saturated carbocycles. The predicted octanol–water partition coefficient (Wildman–Crippen LogP) is 1.13. The van der Waals surface area contributed by atoms with Crippen LogP contribution in [0.15, 0.2) is 10.8 Å². The minimum absolute atomic E-state index is 0.0272. The van der Waals surface area contributed by atoms with E-state index in [2.05, 4.69) is 48.1 Å². The quantitative estimate of drug-likeness (QED) is 0.917. The molecule has 8 heteroatoms. The molecule has 0 amide bonds. The Balaban J connectivity index is 2.40. The zero-order chi connectivity index (χ0) is 11.5. The Labute approximate surface area is 105 Å². The second kappa shape index (κ2) is 4.98. The van der Waals surface area contributed by atoms with Gasteiger partial charge in [0.15, 0.2) is 4.60 Å². The Bertz CT molecular complexity index is 434. The van der Waals surface area contributed by atoms with Crippen LogP contribution in [0.5, 0.6) is 0 Å². The van der Waals surface area contributed by atoms with Crippen LogP contribution in [-0.4, -0.2) is 31.1 Å². The second-order valence-corrected chi connectivity index (χ2v) is 4.77. The van der Waals surface area contributed by atoms with Crippen LogP contribution in [0.25, 0.3) is 0 Å². The first-order chi connectivity index (χ1) is 7.74. The third-order valence-corrected chi connectivity index (χ3v) is 3.46. The monoisotopic (exact) mass is 302 g/mol. The average molecular weight is 303 g/mol. The van der Waals surface area contributed by atoms with Gasteiger partial charge in [-0.1, -0.05) is 16.6 Å². The van der Waals surface area contributed by atoms with Crippen LogP contribution in [0.2, 0.25) is 0 Å². The normalized spacial score (nSPS) is 12.9. The molecule has 16 heavy (non-hydrogen) atoms. The number of nitrogens with one attached hydrogen (secondary N) is 1. The average Bonchev–Trinajstić information content (AvgIpc) is 2.87. The third kappa shape index (κ3) is 2.13. The fourth-order valence-corrected chi connectivity index (χ4v) is 2.62. The molecule has 1 atom stereocenters. The van der Waals surface area contributed by atoms with Crippen LogP contribution in [0.1, 0.15) is 23.5 Å². The lowest BCUT2D eigenvalue weighted by Gasteiger charge is -2.15. The van der Waals surface area contributed by atoms with E-state index in [1.807, 2.05) is 7.05 Å². The van der Waals surface area contributed by atoms with E-state index in [4.69, 9.17) is 0 Å². The lowest BCUT2D eigenvalue weighted by molar-refractivity contribution is 0.572. The minimum atomic E-state index is 0.0272. The van der Waals surface area contributed by atoms with Crippen LogP contribution in [0.3, 0.4) is 0 Å². The summed E-state index contributed by atoms with van der Waals surface area (Å²) in [6, 6.07) is 0.0272. The maximum atomic E-state index is 3.98. The molecule has 0 aliphatic heterocycles. The third-order valence-electron chi connectivity index (χ3n) is 2.17. The van der Waals surface area contributed by atoms with E-state index in [0.717, 1.165) is 21.7 Å². The summed E-state index contributed by atoms with van der Waals surface area (Å²) < 4.78 is 6.37. The molecule has 2 rings (SSSR count). The van der Waals surface area contributed by atoms with Crippen molar-refractivity contribution in [2.45, 2.75) is 13.0 Å². The maximum absolute atomic E-state index is 3.98. The van der Waals surface area contributed by atoms with Gasteiger partial charge in [0.2, 0.25) is 0 Å². The highest BCUT2D eigenvalue weighted by atomic mass is 79.9. The van der Waals surface area contributed by atoms with Crippen LogP contribution in [-0.2, 0) is 7.05 Å². The van der Waals surface area contributed by atoms with Gasteiger partial charge >= 0.3 is 0 Å². The van der Waals surface area contributed by atoms with Crippen molar-refractivity contribution >= 4 is 27.5 Å². The SMILES string of the molecule is CCNC(c1cnns1)c1c(Br)nnn1C. The number of hydrogen-bond donors (Lipinski definition) is 1. The summed E-state index contributed by atoms with van der Waals surface area (Å²) in [4.78, 5) is 1.05. The highest BCUT2D eigenvalue weighted by Gasteiger charge is 2.22. The minimum Gasteiger partial charge on any atom is -0.304 e. The zero-order valence-corrected chi connectivity index (χ0v) is 11.3. The van der Waals surface area contributed by atoms with Gasteiger partial charge in [0, 0.05) is 7.05 Å². The molecule has 2 aromatic rings. The van der Waals surface area contributed by atoms with E-state index in [0.29, 0.717) is 0 Å². The van der Waals surface area contributed by atoms with E-state index in [-0.39, 0.29) is 6.04 Å². The molecule has 0 aliphatic rings. The molecule has 2 heterocycles. The first-order valence-electron chi connectivity index (χ1n) is 4.79. The molecule has 2 aromatic heterocycles. The molecule has 1 unspecified atom stereocenters. The Morgan fingerprint density at radius 2 is 2.44 bits per heavy atom. The summed E-state index contributed by atoms with van der Waals surface area (Å²) >= 11 is 4.78. The van der Waals surface area contributed by atoms with Gasteiger partial charge in [-0.2, -0.15) is 0 Å². The second-order valence-electron chi connectivity index (χ2n) is 3.20. The summed E-state index contributed by atoms with van der Waals surface area (Å²) in [6.45, 7) is 2.90. The molecule has 0 bridgehead atoms. The van der Waals surface area contributed by atoms with Crippen LogP contribution < -0.4 is 5.32 Å². The van der Waals surface area contributed by atoms with E-state index >= 15 is 0 Å². The predicted molar refractivity (Wildman–Crippen MR) is 64.1 cm³/mol. The first-order valence-corrected chi connectivity index (χ1v) is 6.36. The van der Waals surface area contributed by atoms with Crippen LogP contribution >= 0.6 is 27.5 Å². The van der Waals surface area contributed by atoms with Gasteiger partial charge in [-0.05, 0) is 34.0 Å². The molecule has 0 fully saturated rings. The summed E-state index contributed by atoms with van der Waals surface area (Å²) in [5.41, 5.74) is 0.980. The largest absolute Gasteiger partial charge is 0.304 e. The van der Waals surface area contributed by atoms with Crippen molar-refractivity contribution in [1.82, 2.24) is 29.9 Å². The van der Waals surface area contributed by atoms with Crippen molar-refractivity contribution in [1.29, 1.82) is 0 Å². The Morgan fingerprint density at radius 1 is 1.62 bits per heavy atom. The zero-order valence-electron chi connectivity index (χ0n) is 8.88. The molecule has 86 valence electrons. The summed E-state index contributed by atoms with van der Waals surface area (Å²) in [5.74, 6) is 0. The van der Waals surface area contributed by atoms with Gasteiger partial charge in [-0.25, -0.2) is 4.68 Å². The van der Waals surface area contributed by atoms with Crippen molar-refractivity contribution < 1.29 is 0 Å². The summed E-state index contributed by atoms with van der Waals surface area (Å²) in [6.07, 6.45) is 1.76. The first kappa shape index (κ1) is 11.6. The van der Waals surface area contributed by atoms with Crippen molar-refractivity contribution in [3.63, 3.8) is 0 Å². The van der Waals surface area contributed by atoms with E-state index in [1.54, 1.807) is 10.9 Å². The van der Waals surface area contributed by atoms with Crippen LogP contribution in [0, 0.1) is 0 Å². The van der Waals surface area contributed by atoms with Gasteiger partial charge in [0.05, 0.1) is 22.8 Å². The fourth-order valence-electron chi connectivity index (χ4n) is 1.48. The highest BCUT2D eigenvalue weighted by molar-refractivity contribution is 9.10. The molecule has 0 radical (unpaired) electrons. The van der Waals surface area contributed by atoms with Gasteiger partial charge in [0.1, 0.15) is 0 Å². The van der Waals surface area contributed by atoms with E-state index in [9.17, 15) is 0 Å². The Kier molecular flexibility index (Phi) is 3.62. The fraction of sp³-hybridized carbons (Fsp3) is 0.500. The number of aryl methyl sites for hydroxylation is 1. The van der Waals surface area contributed by atoms with E-state index < -0.39 is 0 Å². The molecule has 0 aromatic carbocycles. The topological polar surface area (TPSA) is 68.5 Å². The molecule has 0 spiro atoms. The lowest BCUT2D eigenvalue weighted by atomic mass is 10.2. The van der Waals surface area contributed by atoms with Crippen molar-refractivity contribution in [3.8, 4) is 0 Å². The number of aromatic nitrogens is 5.